The Bertz CT molecular complexity index is 236. The zero-order valence-corrected chi connectivity index (χ0v) is 8.16. The summed E-state index contributed by atoms with van der Waals surface area (Å²) in [6.07, 6.45) is 2.63. The van der Waals surface area contributed by atoms with E-state index in [1.165, 1.54) is 0 Å². The second kappa shape index (κ2) is 5.66. The summed E-state index contributed by atoms with van der Waals surface area (Å²) < 4.78 is 1.88. The van der Waals surface area contributed by atoms with E-state index < -0.39 is 0 Å². The Morgan fingerprint density at radius 1 is 1.54 bits per heavy atom. The molecule has 13 heavy (non-hydrogen) atoms. The highest BCUT2D eigenvalue weighted by atomic mass is 16.6. The summed E-state index contributed by atoms with van der Waals surface area (Å²) in [6, 6.07) is 0. The fourth-order valence-electron chi connectivity index (χ4n) is 1.04. The highest BCUT2D eigenvalue weighted by Gasteiger charge is 2.01. The predicted molar refractivity (Wildman–Crippen MR) is 48.8 cm³/mol. The molecule has 0 saturated carbocycles. The van der Waals surface area contributed by atoms with Crippen LogP contribution in [0.15, 0.2) is 6.33 Å². The minimum Gasteiger partial charge on any atom is -0.302 e. The second-order valence-corrected chi connectivity index (χ2v) is 2.65. The van der Waals surface area contributed by atoms with E-state index >= 15 is 0 Å². The first-order valence-electron chi connectivity index (χ1n) is 4.59. The molecule has 1 N–H and O–H groups in total. The van der Waals surface area contributed by atoms with Crippen molar-refractivity contribution in [1.82, 2.24) is 20.2 Å². The molecule has 0 amide bonds. The molecule has 0 aliphatic heterocycles. The molecule has 5 heteroatoms. The van der Waals surface area contributed by atoms with Crippen LogP contribution >= 0.6 is 0 Å². The van der Waals surface area contributed by atoms with Gasteiger partial charge in [0.25, 0.3) is 0 Å². The number of nitrogens with one attached hydrogen (secondary N) is 1. The molecular formula is C8H16N4O. The lowest BCUT2D eigenvalue weighted by atomic mass is 10.5. The van der Waals surface area contributed by atoms with Gasteiger partial charge in [-0.2, -0.15) is 10.6 Å². The van der Waals surface area contributed by atoms with E-state index in [2.05, 4.69) is 22.5 Å². The smallest absolute Gasteiger partial charge is 0.143 e. The molecule has 0 spiro atoms. The summed E-state index contributed by atoms with van der Waals surface area (Å²) in [6.45, 7) is 6.21. The second-order valence-electron chi connectivity index (χ2n) is 2.65. The maximum absolute atomic E-state index is 5.01. The Hall–Kier alpha value is -0.940. The zero-order valence-electron chi connectivity index (χ0n) is 8.16. The average molecular weight is 184 g/mol. The molecule has 0 bridgehead atoms. The van der Waals surface area contributed by atoms with Gasteiger partial charge in [-0.25, -0.2) is 9.67 Å². The molecule has 1 aromatic rings. The highest BCUT2D eigenvalue weighted by Crippen LogP contribution is 1.95. The number of rotatable bonds is 6. The fraction of sp³-hybridized carbons (Fsp3) is 0.750. The van der Waals surface area contributed by atoms with Crippen LogP contribution in [0.3, 0.4) is 0 Å². The minimum atomic E-state index is 0.605. The number of hydrogen-bond donors (Lipinski definition) is 1. The van der Waals surface area contributed by atoms with E-state index in [-0.39, 0.29) is 0 Å². The molecule has 0 fully saturated rings. The third kappa shape index (κ3) is 3.12. The van der Waals surface area contributed by atoms with Gasteiger partial charge in [-0.3, -0.25) is 0 Å². The van der Waals surface area contributed by atoms with Crippen molar-refractivity contribution in [2.75, 3.05) is 6.61 Å². The monoisotopic (exact) mass is 184 g/mol. The van der Waals surface area contributed by atoms with Gasteiger partial charge in [-0.1, -0.05) is 6.92 Å². The molecule has 74 valence electrons. The van der Waals surface area contributed by atoms with Gasteiger partial charge in [0.15, 0.2) is 0 Å². The number of hydrogen-bond acceptors (Lipinski definition) is 4. The molecule has 0 unspecified atom stereocenters. The Labute approximate surface area is 78.1 Å². The van der Waals surface area contributed by atoms with Crippen molar-refractivity contribution in [3.63, 3.8) is 0 Å². The standard InChI is InChI=1S/C8H16N4O/c1-3-5-12-8(9-7-10-12)6-11-13-4-2/h7,11H,3-6H2,1-2H3. The quantitative estimate of drug-likeness (QED) is 0.523. The zero-order chi connectivity index (χ0) is 9.52. The van der Waals surface area contributed by atoms with Gasteiger partial charge < -0.3 is 4.84 Å². The van der Waals surface area contributed by atoms with Gasteiger partial charge in [0, 0.05) is 6.54 Å². The third-order valence-electron chi connectivity index (χ3n) is 1.61. The lowest BCUT2D eigenvalue weighted by Gasteiger charge is -2.04. The molecule has 0 saturated heterocycles. The summed E-state index contributed by atoms with van der Waals surface area (Å²) >= 11 is 0. The van der Waals surface area contributed by atoms with Crippen molar-refractivity contribution in [2.24, 2.45) is 0 Å². The van der Waals surface area contributed by atoms with E-state index in [0.29, 0.717) is 13.2 Å². The molecule has 0 aliphatic carbocycles. The summed E-state index contributed by atoms with van der Waals surface area (Å²) in [5.74, 6) is 0.912. The summed E-state index contributed by atoms with van der Waals surface area (Å²) in [7, 11) is 0. The van der Waals surface area contributed by atoms with Crippen LogP contribution in [0, 0.1) is 0 Å². The molecule has 5 nitrogen and oxygen atoms in total. The van der Waals surface area contributed by atoms with Crippen molar-refractivity contribution in [2.45, 2.75) is 33.4 Å². The fourth-order valence-corrected chi connectivity index (χ4v) is 1.04. The summed E-state index contributed by atoms with van der Waals surface area (Å²) in [5, 5.41) is 4.09. The molecule has 1 heterocycles. The van der Waals surface area contributed by atoms with E-state index in [1.54, 1.807) is 6.33 Å². The van der Waals surface area contributed by atoms with Gasteiger partial charge in [0.05, 0.1) is 13.2 Å². The maximum Gasteiger partial charge on any atom is 0.143 e. The van der Waals surface area contributed by atoms with Gasteiger partial charge in [0.1, 0.15) is 12.2 Å². The Morgan fingerprint density at radius 3 is 3.08 bits per heavy atom. The van der Waals surface area contributed by atoms with Crippen molar-refractivity contribution < 1.29 is 4.84 Å². The van der Waals surface area contributed by atoms with E-state index in [0.717, 1.165) is 18.8 Å². The Morgan fingerprint density at radius 2 is 2.38 bits per heavy atom. The number of hydroxylamine groups is 1. The maximum atomic E-state index is 5.01. The van der Waals surface area contributed by atoms with Gasteiger partial charge in [-0.15, -0.1) is 0 Å². The molecule has 1 rings (SSSR count). The Kier molecular flexibility index (Phi) is 4.42. The summed E-state index contributed by atoms with van der Waals surface area (Å²) in [4.78, 5) is 9.12. The molecule has 0 aliphatic rings. The normalized spacial score (nSPS) is 10.6. The van der Waals surface area contributed by atoms with E-state index in [9.17, 15) is 0 Å². The minimum absolute atomic E-state index is 0.605. The van der Waals surface area contributed by atoms with Crippen LogP contribution in [0.25, 0.3) is 0 Å². The Balaban J connectivity index is 2.40. The van der Waals surface area contributed by atoms with Crippen LogP contribution < -0.4 is 5.48 Å². The van der Waals surface area contributed by atoms with Crippen molar-refractivity contribution >= 4 is 0 Å². The first kappa shape index (κ1) is 10.1. The molecular weight excluding hydrogens is 168 g/mol. The first-order valence-corrected chi connectivity index (χ1v) is 4.59. The van der Waals surface area contributed by atoms with E-state index in [4.69, 9.17) is 4.84 Å². The van der Waals surface area contributed by atoms with Crippen LogP contribution in [-0.4, -0.2) is 21.4 Å². The lowest BCUT2D eigenvalue weighted by Crippen LogP contribution is -2.18. The third-order valence-corrected chi connectivity index (χ3v) is 1.61. The average Bonchev–Trinajstić information content (AvgIpc) is 2.54. The predicted octanol–water partition coefficient (Wildman–Crippen LogP) is 0.729. The number of aryl methyl sites for hydroxylation is 1. The van der Waals surface area contributed by atoms with Gasteiger partial charge in [-0.05, 0) is 13.3 Å². The largest absolute Gasteiger partial charge is 0.302 e. The summed E-state index contributed by atoms with van der Waals surface area (Å²) in [5.41, 5.74) is 2.81. The van der Waals surface area contributed by atoms with Crippen molar-refractivity contribution in [1.29, 1.82) is 0 Å². The van der Waals surface area contributed by atoms with Gasteiger partial charge >= 0.3 is 0 Å². The van der Waals surface area contributed by atoms with Crippen LogP contribution in [0.5, 0.6) is 0 Å². The van der Waals surface area contributed by atoms with Crippen LogP contribution in [0.2, 0.25) is 0 Å². The lowest BCUT2D eigenvalue weighted by molar-refractivity contribution is 0.0440. The van der Waals surface area contributed by atoms with Crippen LogP contribution in [0.4, 0.5) is 0 Å². The number of aromatic nitrogens is 3. The topological polar surface area (TPSA) is 52.0 Å². The number of nitrogens with zero attached hydrogens (tertiary/aromatic N) is 3. The molecule has 1 aromatic heterocycles. The van der Waals surface area contributed by atoms with E-state index in [1.807, 2.05) is 11.6 Å². The highest BCUT2D eigenvalue weighted by molar-refractivity contribution is 4.82. The van der Waals surface area contributed by atoms with Crippen molar-refractivity contribution in [3.05, 3.63) is 12.2 Å². The van der Waals surface area contributed by atoms with Gasteiger partial charge in [0.2, 0.25) is 0 Å². The molecule has 0 aromatic carbocycles. The first-order chi connectivity index (χ1) is 6.38. The van der Waals surface area contributed by atoms with Crippen molar-refractivity contribution in [3.8, 4) is 0 Å². The molecule has 0 atom stereocenters. The molecule has 0 radical (unpaired) electrons. The SMILES string of the molecule is CCCn1ncnc1CNOCC. The van der Waals surface area contributed by atoms with Crippen LogP contribution in [0.1, 0.15) is 26.1 Å². The van der Waals surface area contributed by atoms with Crippen LogP contribution in [-0.2, 0) is 17.9 Å².